The molecule has 19 heavy (non-hydrogen) atoms. The molecule has 102 valence electrons. The maximum Gasteiger partial charge on any atom is 2.00 e. The molecule has 2 rings (SSSR count). The molecule has 0 spiro atoms. The summed E-state index contributed by atoms with van der Waals surface area (Å²) in [4.78, 5) is 12.3. The smallest absolute Gasteiger partial charge is 0.364 e. The van der Waals surface area contributed by atoms with Crippen LogP contribution in [0.15, 0.2) is 24.3 Å². The van der Waals surface area contributed by atoms with Crippen molar-refractivity contribution in [1.29, 1.82) is 0 Å². The van der Waals surface area contributed by atoms with Gasteiger partial charge in [-0.05, 0) is 17.0 Å². The Kier molecular flexibility index (Phi) is 5.54. The maximum atomic E-state index is 10.5. The normalized spacial score (nSPS) is 15.8. The van der Waals surface area contributed by atoms with Gasteiger partial charge in [0.2, 0.25) is 6.54 Å². The Morgan fingerprint density at radius 2 is 1.95 bits per heavy atom. The molecule has 0 saturated heterocycles. The molecule has 0 saturated carbocycles. The van der Waals surface area contributed by atoms with Crippen molar-refractivity contribution < 1.29 is 26.0 Å². The Balaban J connectivity index is 0.00000180. The molecule has 0 fully saturated rings. The molecule has 0 amide bonds. The second kappa shape index (κ2) is 6.51. The molecule has 1 heterocycles. The zero-order valence-electron chi connectivity index (χ0n) is 10.9. The number of nitro groups is 1. The van der Waals surface area contributed by atoms with Crippen LogP contribution >= 0.6 is 0 Å². The van der Waals surface area contributed by atoms with Crippen LogP contribution < -0.4 is 4.90 Å². The van der Waals surface area contributed by atoms with Crippen LogP contribution in [-0.2, 0) is 26.5 Å². The van der Waals surface area contributed by atoms with Gasteiger partial charge in [0.25, 0.3) is 0 Å². The minimum absolute atomic E-state index is 0. The molecule has 0 aromatic heterocycles. The SMILES string of the molecule is [CH2-]CC1(C[CH2-])CN(CC[N+](=O)[O-])c2ccccc21.[W+2]. The van der Waals surface area contributed by atoms with Gasteiger partial charge in [0.15, 0.2) is 0 Å². The van der Waals surface area contributed by atoms with Crippen LogP contribution in [0.25, 0.3) is 0 Å². The van der Waals surface area contributed by atoms with Crippen LogP contribution in [-0.4, -0.2) is 24.6 Å². The number of rotatable bonds is 5. The molecule has 0 aliphatic carbocycles. The Hall–Kier alpha value is -0.892. The zero-order chi connectivity index (χ0) is 13.2. The second-order valence-corrected chi connectivity index (χ2v) is 4.78. The van der Waals surface area contributed by atoms with Gasteiger partial charge in [-0.1, -0.05) is 18.2 Å². The molecular formula is C14H18N2O2W. The van der Waals surface area contributed by atoms with Crippen molar-refractivity contribution in [3.63, 3.8) is 0 Å². The molecule has 1 aromatic carbocycles. The van der Waals surface area contributed by atoms with E-state index in [1.54, 1.807) is 0 Å². The topological polar surface area (TPSA) is 46.4 Å². The van der Waals surface area contributed by atoms with E-state index in [1.807, 2.05) is 18.2 Å². The third kappa shape index (κ3) is 3.00. The summed E-state index contributed by atoms with van der Waals surface area (Å²) in [7, 11) is 0. The van der Waals surface area contributed by atoms with E-state index in [2.05, 4.69) is 24.8 Å². The molecule has 4 nitrogen and oxygen atoms in total. The summed E-state index contributed by atoms with van der Waals surface area (Å²) >= 11 is 0. The molecule has 0 unspecified atom stereocenters. The first kappa shape index (κ1) is 16.2. The summed E-state index contributed by atoms with van der Waals surface area (Å²) in [6.07, 6.45) is 1.53. The summed E-state index contributed by atoms with van der Waals surface area (Å²) < 4.78 is 0. The molecular weight excluding hydrogens is 412 g/mol. The second-order valence-electron chi connectivity index (χ2n) is 4.78. The van der Waals surface area contributed by atoms with Gasteiger partial charge >= 0.3 is 21.1 Å². The number of anilines is 1. The quantitative estimate of drug-likeness (QED) is 0.410. The first-order valence-corrected chi connectivity index (χ1v) is 6.18. The average molecular weight is 430 g/mol. The number of nitrogens with zero attached hydrogens (tertiary/aromatic N) is 2. The first-order valence-electron chi connectivity index (χ1n) is 6.18. The van der Waals surface area contributed by atoms with Crippen LogP contribution in [0.3, 0.4) is 0 Å². The van der Waals surface area contributed by atoms with E-state index < -0.39 is 0 Å². The van der Waals surface area contributed by atoms with Crippen LogP contribution in [0.4, 0.5) is 5.69 Å². The molecule has 0 radical (unpaired) electrons. The van der Waals surface area contributed by atoms with Gasteiger partial charge in [-0.15, -0.1) is 0 Å². The Morgan fingerprint density at radius 1 is 1.32 bits per heavy atom. The number of para-hydroxylation sites is 1. The van der Waals surface area contributed by atoms with E-state index in [-0.39, 0.29) is 37.9 Å². The molecule has 0 atom stereocenters. The van der Waals surface area contributed by atoms with Crippen LogP contribution in [0.2, 0.25) is 0 Å². The van der Waals surface area contributed by atoms with Gasteiger partial charge in [-0.25, -0.2) is 0 Å². The van der Waals surface area contributed by atoms with Crippen molar-refractivity contribution in [2.45, 2.75) is 18.3 Å². The Morgan fingerprint density at radius 3 is 2.53 bits per heavy atom. The zero-order valence-corrected chi connectivity index (χ0v) is 13.8. The number of benzene rings is 1. The predicted molar refractivity (Wildman–Crippen MR) is 72.1 cm³/mol. The summed E-state index contributed by atoms with van der Waals surface area (Å²) in [5.41, 5.74) is 2.29. The van der Waals surface area contributed by atoms with Crippen LogP contribution in [0, 0.1) is 24.0 Å². The summed E-state index contributed by atoms with van der Waals surface area (Å²) in [6.45, 7) is 9.28. The van der Waals surface area contributed by atoms with Gasteiger partial charge in [-0.2, -0.15) is 12.8 Å². The van der Waals surface area contributed by atoms with E-state index in [4.69, 9.17) is 0 Å². The summed E-state index contributed by atoms with van der Waals surface area (Å²) in [5.74, 6) is 0. The van der Waals surface area contributed by atoms with Gasteiger partial charge in [0.1, 0.15) is 0 Å². The number of fused-ring (bicyclic) bond motifs is 1. The van der Waals surface area contributed by atoms with E-state index >= 15 is 0 Å². The molecule has 0 N–H and O–H groups in total. The molecule has 5 heteroatoms. The summed E-state index contributed by atoms with van der Waals surface area (Å²) in [5, 5.41) is 10.5. The Bertz CT molecular complexity index is 447. The van der Waals surface area contributed by atoms with Gasteiger partial charge in [0, 0.05) is 17.2 Å². The largest absolute Gasteiger partial charge is 2.00 e. The third-order valence-electron chi connectivity index (χ3n) is 3.82. The molecule has 1 aromatic rings. The van der Waals surface area contributed by atoms with Gasteiger partial charge in [-0.3, -0.25) is 10.1 Å². The van der Waals surface area contributed by atoms with Crippen molar-refractivity contribution in [3.8, 4) is 0 Å². The number of hydrogen-bond donors (Lipinski definition) is 0. The molecule has 1 aliphatic rings. The fourth-order valence-electron chi connectivity index (χ4n) is 2.69. The monoisotopic (exact) mass is 430 g/mol. The first-order chi connectivity index (χ1) is 8.63. The molecule has 1 aliphatic heterocycles. The van der Waals surface area contributed by atoms with Crippen molar-refractivity contribution in [2.24, 2.45) is 0 Å². The minimum Gasteiger partial charge on any atom is -0.364 e. The third-order valence-corrected chi connectivity index (χ3v) is 3.82. The number of hydrogen-bond acceptors (Lipinski definition) is 3. The predicted octanol–water partition coefficient (Wildman–Crippen LogP) is 2.47. The van der Waals surface area contributed by atoms with Crippen LogP contribution in [0.5, 0.6) is 0 Å². The van der Waals surface area contributed by atoms with E-state index in [9.17, 15) is 10.1 Å². The molecule has 0 bridgehead atoms. The fourth-order valence-corrected chi connectivity index (χ4v) is 2.69. The van der Waals surface area contributed by atoms with Gasteiger partial charge in [0.05, 0.1) is 6.54 Å². The average Bonchev–Trinajstić information content (AvgIpc) is 2.71. The van der Waals surface area contributed by atoms with E-state index in [0.717, 1.165) is 25.1 Å². The van der Waals surface area contributed by atoms with Crippen molar-refractivity contribution in [3.05, 3.63) is 53.8 Å². The summed E-state index contributed by atoms with van der Waals surface area (Å²) in [6, 6.07) is 8.11. The fraction of sp³-hybridized carbons (Fsp3) is 0.429. The Labute approximate surface area is 128 Å². The van der Waals surface area contributed by atoms with Crippen molar-refractivity contribution in [1.82, 2.24) is 0 Å². The minimum atomic E-state index is -0.267. The van der Waals surface area contributed by atoms with Gasteiger partial charge < -0.3 is 18.7 Å². The van der Waals surface area contributed by atoms with E-state index in [1.165, 1.54) is 5.56 Å². The standard InChI is InChI=1S/C14H18N2O2.W/c1-3-14(4-2)11-15(9-10-16(17)18)13-8-6-5-7-12(13)14;/h5-8H,1-4,9-11H2;/q-2;+2. The maximum absolute atomic E-state index is 10.5. The van der Waals surface area contributed by atoms with E-state index in [0.29, 0.717) is 6.54 Å². The van der Waals surface area contributed by atoms with Crippen LogP contribution in [0.1, 0.15) is 18.4 Å². The van der Waals surface area contributed by atoms with Crippen molar-refractivity contribution >= 4 is 5.69 Å². The van der Waals surface area contributed by atoms with Crippen molar-refractivity contribution in [2.75, 3.05) is 24.5 Å².